The summed E-state index contributed by atoms with van der Waals surface area (Å²) in [5, 5.41) is 4.74. The summed E-state index contributed by atoms with van der Waals surface area (Å²) in [5.74, 6) is 1.53. The number of hydrazone groups is 1. The summed E-state index contributed by atoms with van der Waals surface area (Å²) in [4.78, 5) is 4.88. The maximum atomic E-state index is 5.26. The Morgan fingerprint density at radius 3 is 2.29 bits per heavy atom. The lowest BCUT2D eigenvalue weighted by atomic mass is 9.97. The van der Waals surface area contributed by atoms with E-state index in [2.05, 4.69) is 61.7 Å². The molecule has 0 aliphatic carbocycles. The Morgan fingerprint density at radius 1 is 0.893 bits per heavy atom. The Labute approximate surface area is 165 Å². The van der Waals surface area contributed by atoms with Gasteiger partial charge < -0.3 is 4.74 Å². The molecule has 0 saturated carbocycles. The third-order valence-electron chi connectivity index (χ3n) is 4.92. The number of benzene rings is 3. The van der Waals surface area contributed by atoms with Crippen molar-refractivity contribution < 1.29 is 4.74 Å². The molecule has 0 aromatic heterocycles. The summed E-state index contributed by atoms with van der Waals surface area (Å²) < 4.78 is 5.26. The fourth-order valence-corrected chi connectivity index (χ4v) is 3.21. The highest BCUT2D eigenvalue weighted by atomic mass is 16.5. The maximum Gasteiger partial charge on any atom is 0.154 e. The van der Waals surface area contributed by atoms with Crippen LogP contribution < -0.4 is 10.2 Å². The molecule has 4 nitrogen and oxygen atoms in total. The van der Waals surface area contributed by atoms with Crippen molar-refractivity contribution in [2.45, 2.75) is 20.3 Å². The molecular formula is C24H23N3O. The fourth-order valence-electron chi connectivity index (χ4n) is 3.21. The third-order valence-corrected chi connectivity index (χ3v) is 4.92. The number of nitrogens with one attached hydrogen (secondary N) is 1. The molecule has 140 valence electrons. The zero-order chi connectivity index (χ0) is 19.5. The number of methoxy groups -OCH3 is 1. The van der Waals surface area contributed by atoms with Crippen LogP contribution in [-0.2, 0) is 6.42 Å². The normalized spacial score (nSPS) is 13.0. The number of hydrogen-bond acceptors (Lipinski definition) is 4. The molecule has 4 rings (SSSR count). The molecule has 0 amide bonds. The molecule has 0 fully saturated rings. The molecular weight excluding hydrogens is 346 g/mol. The van der Waals surface area contributed by atoms with Gasteiger partial charge in [0.15, 0.2) is 5.84 Å². The van der Waals surface area contributed by atoms with E-state index >= 15 is 0 Å². The van der Waals surface area contributed by atoms with Gasteiger partial charge in [0.05, 0.1) is 18.5 Å². The van der Waals surface area contributed by atoms with Gasteiger partial charge in [-0.3, -0.25) is 5.43 Å². The third kappa shape index (κ3) is 3.54. The minimum absolute atomic E-state index is 0.718. The first-order chi connectivity index (χ1) is 13.7. The van der Waals surface area contributed by atoms with Gasteiger partial charge in [-0.05, 0) is 55.3 Å². The average Bonchev–Trinajstić information content (AvgIpc) is 2.93. The summed E-state index contributed by atoms with van der Waals surface area (Å²) >= 11 is 0. The number of nitrogens with zero attached hydrogens (tertiary/aromatic N) is 2. The quantitative estimate of drug-likeness (QED) is 0.703. The molecule has 28 heavy (non-hydrogen) atoms. The van der Waals surface area contributed by atoms with Gasteiger partial charge in [-0.15, -0.1) is 0 Å². The molecule has 1 aliphatic rings. The van der Waals surface area contributed by atoms with Crippen LogP contribution in [0.3, 0.4) is 0 Å². The monoisotopic (exact) mass is 369 g/mol. The van der Waals surface area contributed by atoms with E-state index in [1.165, 1.54) is 11.1 Å². The van der Waals surface area contributed by atoms with Crippen LogP contribution in [0.25, 0.3) is 0 Å². The fraction of sp³-hybridized carbons (Fsp3) is 0.167. The summed E-state index contributed by atoms with van der Waals surface area (Å²) in [7, 11) is 1.66. The Balaban J connectivity index is 1.83. The van der Waals surface area contributed by atoms with Gasteiger partial charge in [0.1, 0.15) is 5.75 Å². The molecule has 0 atom stereocenters. The Bertz CT molecular complexity index is 1050. The zero-order valence-electron chi connectivity index (χ0n) is 16.4. The van der Waals surface area contributed by atoms with Crippen molar-refractivity contribution in [1.82, 2.24) is 5.43 Å². The average molecular weight is 369 g/mol. The lowest BCUT2D eigenvalue weighted by Crippen LogP contribution is -2.19. The van der Waals surface area contributed by atoms with Gasteiger partial charge in [0.2, 0.25) is 0 Å². The second kappa shape index (κ2) is 7.69. The number of ether oxygens (including phenoxy) is 1. The molecule has 0 unspecified atom stereocenters. The van der Waals surface area contributed by atoms with Gasteiger partial charge in [-0.25, -0.2) is 4.99 Å². The molecule has 0 spiro atoms. The van der Waals surface area contributed by atoms with E-state index in [1.54, 1.807) is 7.11 Å². The summed E-state index contributed by atoms with van der Waals surface area (Å²) in [5.41, 5.74) is 10.5. The van der Waals surface area contributed by atoms with Crippen molar-refractivity contribution in [2.75, 3.05) is 7.11 Å². The standard InChI is InChI=1S/C24H23N3O/c1-4-17-7-14-22-21(15-17)23(18-8-5-16(2)6-9-18)26-27-24(25-22)19-10-12-20(28-3)13-11-19/h5-15H,4H2,1-3H3,(H,25,27). The van der Waals surface area contributed by atoms with Crippen molar-refractivity contribution in [1.29, 1.82) is 0 Å². The topological polar surface area (TPSA) is 46.0 Å². The Hall–Kier alpha value is -3.40. The number of fused-ring (bicyclic) bond motifs is 1. The molecule has 1 aliphatic heterocycles. The van der Waals surface area contributed by atoms with E-state index in [-0.39, 0.29) is 0 Å². The number of amidine groups is 1. The van der Waals surface area contributed by atoms with Gasteiger partial charge >= 0.3 is 0 Å². The molecule has 3 aromatic carbocycles. The van der Waals surface area contributed by atoms with Gasteiger partial charge in [-0.1, -0.05) is 42.8 Å². The summed E-state index contributed by atoms with van der Waals surface area (Å²) in [6.07, 6.45) is 0.969. The lowest BCUT2D eigenvalue weighted by molar-refractivity contribution is 0.415. The SMILES string of the molecule is CCc1ccc2c(c1)C(c1ccc(C)cc1)=NNC(c1ccc(OC)cc1)=N2. The van der Waals surface area contributed by atoms with Crippen molar-refractivity contribution in [3.8, 4) is 5.75 Å². The molecule has 1 heterocycles. The first-order valence-electron chi connectivity index (χ1n) is 9.45. The Morgan fingerprint density at radius 2 is 1.61 bits per heavy atom. The maximum absolute atomic E-state index is 5.26. The summed E-state index contributed by atoms with van der Waals surface area (Å²) in [6.45, 7) is 4.25. The van der Waals surface area contributed by atoms with Crippen molar-refractivity contribution in [3.05, 3.63) is 94.5 Å². The predicted molar refractivity (Wildman–Crippen MR) is 115 cm³/mol. The van der Waals surface area contributed by atoms with E-state index in [9.17, 15) is 0 Å². The highest BCUT2D eigenvalue weighted by Gasteiger charge is 2.17. The van der Waals surface area contributed by atoms with Crippen LogP contribution in [0.1, 0.15) is 34.7 Å². The Kier molecular flexibility index (Phi) is 4.94. The van der Waals surface area contributed by atoms with Crippen LogP contribution >= 0.6 is 0 Å². The van der Waals surface area contributed by atoms with Crippen molar-refractivity contribution in [3.63, 3.8) is 0 Å². The molecule has 0 bridgehead atoms. The van der Waals surface area contributed by atoms with Crippen molar-refractivity contribution >= 4 is 17.2 Å². The van der Waals surface area contributed by atoms with E-state index < -0.39 is 0 Å². The van der Waals surface area contributed by atoms with Crippen LogP contribution in [0.2, 0.25) is 0 Å². The highest BCUT2D eigenvalue weighted by molar-refractivity contribution is 6.18. The second-order valence-corrected chi connectivity index (χ2v) is 6.83. The smallest absolute Gasteiger partial charge is 0.154 e. The molecule has 4 heteroatoms. The number of rotatable bonds is 4. The largest absolute Gasteiger partial charge is 0.497 e. The number of aliphatic imine (C=N–C) groups is 1. The first kappa shape index (κ1) is 18.0. The van der Waals surface area contributed by atoms with E-state index in [4.69, 9.17) is 14.8 Å². The van der Waals surface area contributed by atoms with Crippen LogP contribution in [0.4, 0.5) is 5.69 Å². The van der Waals surface area contributed by atoms with E-state index in [0.29, 0.717) is 0 Å². The van der Waals surface area contributed by atoms with Crippen LogP contribution in [0.15, 0.2) is 76.8 Å². The minimum atomic E-state index is 0.718. The van der Waals surface area contributed by atoms with Crippen molar-refractivity contribution in [2.24, 2.45) is 10.1 Å². The number of aryl methyl sites for hydroxylation is 2. The van der Waals surface area contributed by atoms with Crippen LogP contribution in [-0.4, -0.2) is 18.7 Å². The minimum Gasteiger partial charge on any atom is -0.497 e. The predicted octanol–water partition coefficient (Wildman–Crippen LogP) is 5.00. The van der Waals surface area contributed by atoms with E-state index in [0.717, 1.165) is 46.1 Å². The molecule has 3 aromatic rings. The molecule has 0 saturated heterocycles. The van der Waals surface area contributed by atoms with E-state index in [1.807, 2.05) is 24.3 Å². The number of hydrogen-bond donors (Lipinski definition) is 1. The second-order valence-electron chi connectivity index (χ2n) is 6.83. The van der Waals surface area contributed by atoms with Gasteiger partial charge in [0, 0.05) is 16.7 Å². The molecule has 1 N–H and O–H groups in total. The van der Waals surface area contributed by atoms with Gasteiger partial charge in [0.25, 0.3) is 0 Å². The van der Waals surface area contributed by atoms with Crippen LogP contribution in [0, 0.1) is 6.92 Å². The first-order valence-corrected chi connectivity index (χ1v) is 9.45. The van der Waals surface area contributed by atoms with Crippen LogP contribution in [0.5, 0.6) is 5.75 Å². The highest BCUT2D eigenvalue weighted by Crippen LogP contribution is 2.27. The molecule has 0 radical (unpaired) electrons. The lowest BCUT2D eigenvalue weighted by Gasteiger charge is -2.10. The summed E-state index contributed by atoms with van der Waals surface area (Å²) in [6, 6.07) is 22.7. The zero-order valence-corrected chi connectivity index (χ0v) is 16.4. The van der Waals surface area contributed by atoms with Gasteiger partial charge in [-0.2, -0.15) is 5.10 Å².